The Morgan fingerprint density at radius 2 is 1.85 bits per heavy atom. The minimum Gasteiger partial charge on any atom is -0.209 e. The molecule has 1 atom stereocenters. The second-order valence-corrected chi connectivity index (χ2v) is 4.31. The van der Waals surface area contributed by atoms with Gasteiger partial charge in [-0.2, -0.15) is 0 Å². The second-order valence-electron chi connectivity index (χ2n) is 3.36. The fourth-order valence-corrected chi connectivity index (χ4v) is 1.56. The summed E-state index contributed by atoms with van der Waals surface area (Å²) in [5, 5.41) is 0. The number of rotatable bonds is 6. The van der Waals surface area contributed by atoms with Gasteiger partial charge >= 0.3 is 0 Å². The summed E-state index contributed by atoms with van der Waals surface area (Å²) in [6.45, 7) is 3.96. The van der Waals surface area contributed by atoms with E-state index in [0.29, 0.717) is 0 Å². The minimum atomic E-state index is -0.375. The average Bonchev–Trinajstić information content (AvgIpc) is 2.10. The molecule has 0 nitrogen and oxygen atoms in total. The molecule has 0 aromatic heterocycles. The Morgan fingerprint density at radius 1 is 1.23 bits per heavy atom. The van der Waals surface area contributed by atoms with Crippen LogP contribution in [0.1, 0.15) is 46.0 Å². The number of hydrogen-bond acceptors (Lipinski definition) is 0. The highest BCUT2D eigenvalue weighted by Gasteiger charge is 2.11. The quantitative estimate of drug-likeness (QED) is 0.546. The van der Waals surface area contributed by atoms with Gasteiger partial charge < -0.3 is 0 Å². The zero-order valence-electron chi connectivity index (χ0n) is 8.25. The van der Waals surface area contributed by atoms with Gasteiger partial charge in [0.2, 0.25) is 0 Å². The number of halogens is 3. The first-order valence-electron chi connectivity index (χ1n) is 4.80. The predicted molar refractivity (Wildman–Crippen MR) is 57.8 cm³/mol. The summed E-state index contributed by atoms with van der Waals surface area (Å²) < 4.78 is 12.8. The van der Waals surface area contributed by atoms with Gasteiger partial charge in [-0.3, -0.25) is 0 Å². The van der Waals surface area contributed by atoms with E-state index in [9.17, 15) is 4.39 Å². The first kappa shape index (κ1) is 13.2. The van der Waals surface area contributed by atoms with E-state index in [4.69, 9.17) is 23.2 Å². The van der Waals surface area contributed by atoms with E-state index in [1.54, 1.807) is 0 Å². The molecule has 78 valence electrons. The summed E-state index contributed by atoms with van der Waals surface area (Å²) in [6, 6.07) is 0. The second kappa shape index (κ2) is 7.64. The van der Waals surface area contributed by atoms with E-state index in [0.717, 1.165) is 19.3 Å². The van der Waals surface area contributed by atoms with Crippen LogP contribution < -0.4 is 0 Å². The maximum Gasteiger partial charge on any atom is 0.138 e. The summed E-state index contributed by atoms with van der Waals surface area (Å²) in [4.78, 5) is 0. The van der Waals surface area contributed by atoms with Crippen molar-refractivity contribution < 1.29 is 4.39 Å². The van der Waals surface area contributed by atoms with Crippen molar-refractivity contribution in [2.75, 3.05) is 0 Å². The standard InChI is InChI=1S/C10H17Cl2F/c1-3-4-5-6-7-8(2)9(13)10(11)12/h8H,3-7H2,1-2H3. The molecule has 0 N–H and O–H groups in total. The van der Waals surface area contributed by atoms with Crippen LogP contribution in [0.25, 0.3) is 0 Å². The van der Waals surface area contributed by atoms with Gasteiger partial charge in [0.25, 0.3) is 0 Å². The summed E-state index contributed by atoms with van der Waals surface area (Å²) in [5.74, 6) is -0.512. The van der Waals surface area contributed by atoms with Gasteiger partial charge in [0.1, 0.15) is 10.3 Å². The third-order valence-corrected chi connectivity index (χ3v) is 2.46. The van der Waals surface area contributed by atoms with E-state index in [2.05, 4.69) is 6.92 Å². The van der Waals surface area contributed by atoms with Crippen molar-refractivity contribution in [3.05, 3.63) is 10.3 Å². The van der Waals surface area contributed by atoms with Crippen LogP contribution in [0.5, 0.6) is 0 Å². The zero-order valence-corrected chi connectivity index (χ0v) is 9.76. The molecule has 0 aromatic carbocycles. The summed E-state index contributed by atoms with van der Waals surface area (Å²) in [7, 11) is 0. The Balaban J connectivity index is 3.63. The van der Waals surface area contributed by atoms with Gasteiger partial charge in [0, 0.05) is 5.92 Å². The molecule has 0 rings (SSSR count). The molecule has 0 aromatic rings. The summed E-state index contributed by atoms with van der Waals surface area (Å²) >= 11 is 10.7. The minimum absolute atomic E-state index is 0.137. The fraction of sp³-hybridized carbons (Fsp3) is 0.800. The third-order valence-electron chi connectivity index (χ3n) is 2.10. The maximum atomic E-state index is 13.0. The number of allylic oxidation sites excluding steroid dienone is 1. The lowest BCUT2D eigenvalue weighted by Gasteiger charge is -2.08. The van der Waals surface area contributed by atoms with Crippen LogP contribution in [0, 0.1) is 5.92 Å². The fourth-order valence-electron chi connectivity index (χ4n) is 1.19. The Morgan fingerprint density at radius 3 is 2.31 bits per heavy atom. The molecule has 3 heteroatoms. The first-order chi connectivity index (χ1) is 6.09. The highest BCUT2D eigenvalue weighted by Crippen LogP contribution is 2.26. The Labute approximate surface area is 90.1 Å². The van der Waals surface area contributed by atoms with Gasteiger partial charge in [0.15, 0.2) is 0 Å². The van der Waals surface area contributed by atoms with Crippen molar-refractivity contribution in [1.82, 2.24) is 0 Å². The smallest absolute Gasteiger partial charge is 0.138 e. The highest BCUT2D eigenvalue weighted by molar-refractivity contribution is 6.56. The molecule has 0 bridgehead atoms. The molecule has 1 unspecified atom stereocenters. The molecule has 0 fully saturated rings. The lowest BCUT2D eigenvalue weighted by molar-refractivity contribution is 0.447. The van der Waals surface area contributed by atoms with Gasteiger partial charge in [-0.1, -0.05) is 62.7 Å². The lowest BCUT2D eigenvalue weighted by atomic mass is 10.0. The Bertz CT molecular complexity index is 162. The van der Waals surface area contributed by atoms with Gasteiger partial charge in [0.05, 0.1) is 0 Å². The Kier molecular flexibility index (Phi) is 7.78. The van der Waals surface area contributed by atoms with Crippen molar-refractivity contribution in [2.45, 2.75) is 46.0 Å². The van der Waals surface area contributed by atoms with E-state index >= 15 is 0 Å². The normalized spacial score (nSPS) is 12.7. The van der Waals surface area contributed by atoms with Crippen LogP contribution in [0.3, 0.4) is 0 Å². The first-order valence-corrected chi connectivity index (χ1v) is 5.55. The van der Waals surface area contributed by atoms with Crippen molar-refractivity contribution in [2.24, 2.45) is 5.92 Å². The molecule has 0 aliphatic heterocycles. The topological polar surface area (TPSA) is 0 Å². The van der Waals surface area contributed by atoms with Crippen LogP contribution in [0.2, 0.25) is 0 Å². The zero-order chi connectivity index (χ0) is 10.3. The third kappa shape index (κ3) is 6.34. The monoisotopic (exact) mass is 226 g/mol. The van der Waals surface area contributed by atoms with Crippen molar-refractivity contribution in [1.29, 1.82) is 0 Å². The molecule has 0 spiro atoms. The number of unbranched alkanes of at least 4 members (excludes halogenated alkanes) is 3. The van der Waals surface area contributed by atoms with Gasteiger partial charge in [-0.05, 0) is 6.42 Å². The molecule has 0 heterocycles. The molecule has 0 aliphatic rings. The van der Waals surface area contributed by atoms with Crippen molar-refractivity contribution in [3.8, 4) is 0 Å². The molecule has 13 heavy (non-hydrogen) atoms. The molecular formula is C10H17Cl2F. The van der Waals surface area contributed by atoms with Gasteiger partial charge in [-0.15, -0.1) is 0 Å². The van der Waals surface area contributed by atoms with E-state index in [1.165, 1.54) is 12.8 Å². The maximum absolute atomic E-state index is 13.0. The lowest BCUT2D eigenvalue weighted by Crippen LogP contribution is -1.95. The molecule has 0 saturated heterocycles. The summed E-state index contributed by atoms with van der Waals surface area (Å²) in [5.41, 5.74) is 0. The summed E-state index contributed by atoms with van der Waals surface area (Å²) in [6.07, 6.45) is 5.45. The molecule has 0 aliphatic carbocycles. The van der Waals surface area contributed by atoms with Gasteiger partial charge in [-0.25, -0.2) is 4.39 Å². The SMILES string of the molecule is CCCCCCC(C)C(F)=C(Cl)Cl. The molecule has 0 amide bonds. The average molecular weight is 227 g/mol. The van der Waals surface area contributed by atoms with Crippen molar-refractivity contribution >= 4 is 23.2 Å². The van der Waals surface area contributed by atoms with Crippen LogP contribution in [-0.2, 0) is 0 Å². The Hall–Kier alpha value is 0.250. The highest BCUT2D eigenvalue weighted by atomic mass is 35.5. The van der Waals surface area contributed by atoms with Crippen LogP contribution in [0.15, 0.2) is 10.3 Å². The van der Waals surface area contributed by atoms with Crippen LogP contribution in [0.4, 0.5) is 4.39 Å². The molecular weight excluding hydrogens is 210 g/mol. The molecule has 0 saturated carbocycles. The van der Waals surface area contributed by atoms with Crippen LogP contribution in [-0.4, -0.2) is 0 Å². The molecule has 0 radical (unpaired) electrons. The number of hydrogen-bond donors (Lipinski definition) is 0. The van der Waals surface area contributed by atoms with Crippen molar-refractivity contribution in [3.63, 3.8) is 0 Å². The van der Waals surface area contributed by atoms with Crippen LogP contribution >= 0.6 is 23.2 Å². The predicted octanol–water partition coefficient (Wildman–Crippen LogP) is 5.21. The van der Waals surface area contributed by atoms with E-state index in [1.807, 2.05) is 6.92 Å². The largest absolute Gasteiger partial charge is 0.209 e. The van der Waals surface area contributed by atoms with E-state index < -0.39 is 0 Å². The van der Waals surface area contributed by atoms with E-state index in [-0.39, 0.29) is 16.2 Å².